The van der Waals surface area contributed by atoms with E-state index in [-0.39, 0.29) is 21.1 Å². The first-order valence-corrected chi connectivity index (χ1v) is 9.97. The molecule has 0 amide bonds. The summed E-state index contributed by atoms with van der Waals surface area (Å²) in [6, 6.07) is 9.66. The highest BCUT2D eigenvalue weighted by molar-refractivity contribution is 14.1. The van der Waals surface area contributed by atoms with Gasteiger partial charge in [0, 0.05) is 5.56 Å². The molecule has 0 N–H and O–H groups in total. The monoisotopic (exact) mass is 440 g/mol. The Kier molecular flexibility index (Phi) is 5.90. The summed E-state index contributed by atoms with van der Waals surface area (Å²) >= 11 is 1.82. The first kappa shape index (κ1) is 17.8. The van der Waals surface area contributed by atoms with Crippen molar-refractivity contribution < 1.29 is 8.78 Å². The molecule has 3 heteroatoms. The van der Waals surface area contributed by atoms with Crippen molar-refractivity contribution in [1.29, 1.82) is 0 Å². The second-order valence-corrected chi connectivity index (χ2v) is 7.74. The molecule has 0 unspecified atom stereocenters. The van der Waals surface area contributed by atoms with E-state index < -0.39 is 0 Å². The molecule has 0 aromatic heterocycles. The van der Waals surface area contributed by atoms with Gasteiger partial charge in [-0.05, 0) is 64.5 Å². The summed E-state index contributed by atoms with van der Waals surface area (Å²) in [6.07, 6.45) is 7.15. The third kappa shape index (κ3) is 3.37. The highest BCUT2D eigenvalue weighted by Gasteiger charge is 2.29. The van der Waals surface area contributed by atoms with Gasteiger partial charge in [0.15, 0.2) is 0 Å². The normalized spacial score (nSPS) is 15.7. The molecule has 0 aliphatic heterocycles. The maximum absolute atomic E-state index is 15.1. The second kappa shape index (κ2) is 7.94. The van der Waals surface area contributed by atoms with E-state index >= 15 is 4.39 Å². The standard InChI is InChI=1S/C21H23F2I/c1-2-9-16-17(14-10-5-3-6-11-14)18(15-12-7-4-8-13-15)20(23)21(24)19(16)22/h4,7-8,12-14H,2-3,5-6,9-11H2,1H3. The van der Waals surface area contributed by atoms with Gasteiger partial charge in [-0.3, -0.25) is 0 Å². The largest absolute Gasteiger partial charge is 0.205 e. The third-order valence-corrected chi connectivity index (χ3v) is 5.99. The van der Waals surface area contributed by atoms with Gasteiger partial charge < -0.3 is 0 Å². The predicted octanol–water partition coefficient (Wildman–Crippen LogP) is 7.24. The second-order valence-electron chi connectivity index (χ2n) is 6.66. The fraction of sp³-hybridized carbons (Fsp3) is 0.429. The summed E-state index contributed by atoms with van der Waals surface area (Å²) < 4.78 is 30.2. The lowest BCUT2D eigenvalue weighted by atomic mass is 9.77. The van der Waals surface area contributed by atoms with Crippen molar-refractivity contribution in [3.63, 3.8) is 0 Å². The molecule has 0 atom stereocenters. The Morgan fingerprint density at radius 1 is 1.00 bits per heavy atom. The van der Waals surface area contributed by atoms with E-state index in [1.54, 1.807) is 0 Å². The van der Waals surface area contributed by atoms with E-state index in [9.17, 15) is 4.39 Å². The van der Waals surface area contributed by atoms with E-state index in [1.165, 1.54) is 6.42 Å². The fourth-order valence-electron chi connectivity index (χ4n) is 3.95. The Hall–Kier alpha value is -0.970. The minimum absolute atomic E-state index is 0.134. The zero-order valence-corrected chi connectivity index (χ0v) is 16.2. The smallest absolute Gasteiger partial charge is 0.147 e. The van der Waals surface area contributed by atoms with Crippen molar-refractivity contribution in [2.24, 2.45) is 0 Å². The molecule has 3 rings (SSSR count). The zero-order chi connectivity index (χ0) is 17.1. The Labute approximate surface area is 156 Å². The van der Waals surface area contributed by atoms with Crippen molar-refractivity contribution in [2.75, 3.05) is 0 Å². The summed E-state index contributed by atoms with van der Waals surface area (Å²) in [5, 5.41) is 0. The Balaban J connectivity index is 2.28. The topological polar surface area (TPSA) is 0 Å². The Morgan fingerprint density at radius 3 is 2.29 bits per heavy atom. The molecule has 24 heavy (non-hydrogen) atoms. The van der Waals surface area contributed by atoms with Crippen LogP contribution < -0.4 is 0 Å². The predicted molar refractivity (Wildman–Crippen MR) is 104 cm³/mol. The summed E-state index contributed by atoms with van der Waals surface area (Å²) in [7, 11) is 0. The number of rotatable bonds is 4. The molecule has 1 saturated carbocycles. The molecule has 0 saturated heterocycles. The van der Waals surface area contributed by atoms with Gasteiger partial charge in [0.05, 0.1) is 3.57 Å². The van der Waals surface area contributed by atoms with Gasteiger partial charge in [0.25, 0.3) is 0 Å². The van der Waals surface area contributed by atoms with Crippen LogP contribution in [0.5, 0.6) is 0 Å². The fourth-order valence-corrected chi connectivity index (χ4v) is 4.54. The van der Waals surface area contributed by atoms with Crippen molar-refractivity contribution in [1.82, 2.24) is 0 Å². The lowest BCUT2D eigenvalue weighted by Gasteiger charge is -2.28. The van der Waals surface area contributed by atoms with Gasteiger partial charge in [-0.1, -0.05) is 62.9 Å². The van der Waals surface area contributed by atoms with E-state index in [1.807, 2.05) is 52.9 Å². The quantitative estimate of drug-likeness (QED) is 0.347. The van der Waals surface area contributed by atoms with Crippen LogP contribution in [0.25, 0.3) is 11.1 Å². The summed E-state index contributed by atoms with van der Waals surface area (Å²) in [5.41, 5.74) is 3.19. The van der Waals surface area contributed by atoms with Crippen LogP contribution >= 0.6 is 22.6 Å². The molecule has 128 valence electrons. The summed E-state index contributed by atoms with van der Waals surface area (Å²) in [5.74, 6) is -0.452. The highest BCUT2D eigenvalue weighted by atomic mass is 127. The first-order valence-electron chi connectivity index (χ1n) is 8.89. The summed E-state index contributed by atoms with van der Waals surface area (Å²) in [4.78, 5) is 0. The van der Waals surface area contributed by atoms with Crippen molar-refractivity contribution >= 4 is 22.6 Å². The number of benzene rings is 2. The molecule has 1 fully saturated rings. The molecular formula is C21H23F2I. The molecular weight excluding hydrogens is 417 g/mol. The Morgan fingerprint density at radius 2 is 1.67 bits per heavy atom. The van der Waals surface area contributed by atoms with Crippen LogP contribution in [-0.4, -0.2) is 0 Å². The number of hydrogen-bond donors (Lipinski definition) is 0. The Bertz CT molecular complexity index is 704. The molecule has 0 radical (unpaired) electrons. The van der Waals surface area contributed by atoms with Crippen LogP contribution in [-0.2, 0) is 6.42 Å². The van der Waals surface area contributed by atoms with Crippen molar-refractivity contribution in [3.05, 3.63) is 56.7 Å². The van der Waals surface area contributed by atoms with Crippen LogP contribution in [0.4, 0.5) is 8.78 Å². The van der Waals surface area contributed by atoms with Crippen molar-refractivity contribution in [2.45, 2.75) is 57.8 Å². The zero-order valence-electron chi connectivity index (χ0n) is 14.0. The highest BCUT2D eigenvalue weighted by Crippen LogP contribution is 2.44. The average Bonchev–Trinajstić information content (AvgIpc) is 2.63. The van der Waals surface area contributed by atoms with E-state index in [4.69, 9.17) is 0 Å². The molecule has 0 nitrogen and oxygen atoms in total. The molecule has 0 bridgehead atoms. The minimum atomic E-state index is -0.389. The maximum atomic E-state index is 15.1. The lowest BCUT2D eigenvalue weighted by molar-refractivity contribution is 0.436. The molecule has 0 heterocycles. The van der Waals surface area contributed by atoms with Crippen LogP contribution in [0.15, 0.2) is 30.3 Å². The SMILES string of the molecule is CCCc1c(F)c(I)c(F)c(-c2ccccc2)c1C1CCCCC1. The van der Waals surface area contributed by atoms with Gasteiger partial charge in [-0.2, -0.15) is 0 Å². The van der Waals surface area contributed by atoms with Crippen LogP contribution in [0.3, 0.4) is 0 Å². The molecule has 1 aliphatic rings. The van der Waals surface area contributed by atoms with Crippen LogP contribution in [0, 0.1) is 15.2 Å². The van der Waals surface area contributed by atoms with Gasteiger partial charge in [-0.25, -0.2) is 8.78 Å². The van der Waals surface area contributed by atoms with Gasteiger partial charge in [0.2, 0.25) is 0 Å². The van der Waals surface area contributed by atoms with Gasteiger partial charge in [-0.15, -0.1) is 0 Å². The molecule has 2 aromatic rings. The van der Waals surface area contributed by atoms with Crippen LogP contribution in [0.2, 0.25) is 0 Å². The van der Waals surface area contributed by atoms with E-state index in [0.29, 0.717) is 12.0 Å². The van der Waals surface area contributed by atoms with Gasteiger partial charge in [0.1, 0.15) is 11.6 Å². The minimum Gasteiger partial charge on any atom is -0.205 e. The molecule has 0 spiro atoms. The first-order chi connectivity index (χ1) is 11.6. The molecule has 1 aliphatic carbocycles. The summed E-state index contributed by atoms with van der Waals surface area (Å²) in [6.45, 7) is 2.06. The van der Waals surface area contributed by atoms with Gasteiger partial charge >= 0.3 is 0 Å². The molecule has 2 aromatic carbocycles. The third-order valence-electron chi connectivity index (χ3n) is 5.04. The number of halogens is 3. The average molecular weight is 440 g/mol. The van der Waals surface area contributed by atoms with Crippen LogP contribution in [0.1, 0.15) is 62.5 Å². The van der Waals surface area contributed by atoms with E-state index in [0.717, 1.165) is 48.8 Å². The maximum Gasteiger partial charge on any atom is 0.147 e. The van der Waals surface area contributed by atoms with E-state index in [2.05, 4.69) is 6.92 Å². The van der Waals surface area contributed by atoms with Crippen molar-refractivity contribution in [3.8, 4) is 11.1 Å². The lowest BCUT2D eigenvalue weighted by Crippen LogP contribution is -2.14. The number of hydrogen-bond acceptors (Lipinski definition) is 0.